The Morgan fingerprint density at radius 3 is 2.32 bits per heavy atom. The molecule has 1 aromatic rings. The van der Waals surface area contributed by atoms with Crippen LogP contribution in [-0.4, -0.2) is 38.4 Å². The van der Waals surface area contributed by atoms with Crippen LogP contribution in [0.5, 0.6) is 17.2 Å². The molecule has 0 aliphatic heterocycles. The van der Waals surface area contributed by atoms with Gasteiger partial charge in [0.05, 0.1) is 21.3 Å². The lowest BCUT2D eigenvalue weighted by atomic mass is 10.0. The minimum absolute atomic E-state index is 0.321. The monoisotopic (exact) mass is 269 g/mol. The first-order chi connectivity index (χ1) is 9.04. The molecule has 19 heavy (non-hydrogen) atoms. The highest BCUT2D eigenvalue weighted by molar-refractivity contribution is 5.73. The van der Waals surface area contributed by atoms with Gasteiger partial charge in [-0.15, -0.1) is 0 Å². The number of aryl methyl sites for hydroxylation is 1. The first-order valence-electron chi connectivity index (χ1n) is 5.81. The van der Waals surface area contributed by atoms with E-state index in [4.69, 9.17) is 25.1 Å². The summed E-state index contributed by atoms with van der Waals surface area (Å²) in [4.78, 5) is 10.7. The van der Waals surface area contributed by atoms with Gasteiger partial charge in [0.2, 0.25) is 5.75 Å². The number of rotatable bonds is 7. The zero-order chi connectivity index (χ0) is 14.4. The number of benzene rings is 1. The fraction of sp³-hybridized carbons (Fsp3) is 0.462. The molecule has 1 atom stereocenters. The van der Waals surface area contributed by atoms with E-state index < -0.39 is 12.0 Å². The van der Waals surface area contributed by atoms with Gasteiger partial charge in [-0.1, -0.05) is 6.07 Å². The second-order valence-corrected chi connectivity index (χ2v) is 3.98. The lowest BCUT2D eigenvalue weighted by Crippen LogP contribution is -2.30. The van der Waals surface area contributed by atoms with Crippen molar-refractivity contribution < 1.29 is 24.1 Å². The van der Waals surface area contributed by atoms with Crippen molar-refractivity contribution in [2.24, 2.45) is 5.73 Å². The summed E-state index contributed by atoms with van der Waals surface area (Å²) in [5.74, 6) is 0.580. The van der Waals surface area contributed by atoms with E-state index in [1.807, 2.05) is 6.07 Å². The Morgan fingerprint density at radius 1 is 1.21 bits per heavy atom. The molecule has 6 nitrogen and oxygen atoms in total. The van der Waals surface area contributed by atoms with Crippen LogP contribution in [0.2, 0.25) is 0 Å². The van der Waals surface area contributed by atoms with Gasteiger partial charge in [-0.3, -0.25) is 4.79 Å². The van der Waals surface area contributed by atoms with Gasteiger partial charge in [0.15, 0.2) is 11.5 Å². The average molecular weight is 269 g/mol. The summed E-state index contributed by atoms with van der Waals surface area (Å²) in [6, 6.07) is 2.68. The van der Waals surface area contributed by atoms with E-state index in [0.717, 1.165) is 5.56 Å². The number of carboxylic acids is 1. The highest BCUT2D eigenvalue weighted by atomic mass is 16.5. The van der Waals surface area contributed by atoms with Crippen molar-refractivity contribution >= 4 is 5.97 Å². The summed E-state index contributed by atoms with van der Waals surface area (Å²) in [6.07, 6.45) is 0.804. The van der Waals surface area contributed by atoms with Crippen LogP contribution in [0.25, 0.3) is 0 Å². The molecule has 3 N–H and O–H groups in total. The van der Waals surface area contributed by atoms with Crippen LogP contribution < -0.4 is 19.9 Å². The van der Waals surface area contributed by atoms with Crippen LogP contribution in [0.1, 0.15) is 12.0 Å². The predicted octanol–water partition coefficient (Wildman–Crippen LogP) is 1.06. The van der Waals surface area contributed by atoms with Gasteiger partial charge < -0.3 is 25.1 Å². The molecule has 0 unspecified atom stereocenters. The quantitative estimate of drug-likeness (QED) is 0.769. The zero-order valence-corrected chi connectivity index (χ0v) is 11.3. The average Bonchev–Trinajstić information content (AvgIpc) is 2.42. The zero-order valence-electron chi connectivity index (χ0n) is 11.3. The third kappa shape index (κ3) is 3.51. The normalized spacial score (nSPS) is 11.8. The molecule has 106 valence electrons. The fourth-order valence-corrected chi connectivity index (χ4v) is 1.79. The van der Waals surface area contributed by atoms with Crippen molar-refractivity contribution in [3.05, 3.63) is 17.7 Å². The summed E-state index contributed by atoms with van der Waals surface area (Å²) in [5, 5.41) is 8.77. The summed E-state index contributed by atoms with van der Waals surface area (Å²) >= 11 is 0. The molecule has 1 rings (SSSR count). The molecule has 0 heterocycles. The fourth-order valence-electron chi connectivity index (χ4n) is 1.79. The van der Waals surface area contributed by atoms with E-state index in [1.54, 1.807) is 6.07 Å². The lowest BCUT2D eigenvalue weighted by Gasteiger charge is -2.16. The number of hydrogen-bond acceptors (Lipinski definition) is 5. The summed E-state index contributed by atoms with van der Waals surface area (Å²) in [5.41, 5.74) is 6.32. The molecule has 0 saturated carbocycles. The standard InChI is InChI=1S/C13H19NO5/c1-17-10-7-5-8(4-6-9(14)13(15)16)11(18-2)12(10)19-3/h5,7,9H,4,6,14H2,1-3H3,(H,15,16)/t9-/m0/s1. The van der Waals surface area contributed by atoms with E-state index >= 15 is 0 Å². The van der Waals surface area contributed by atoms with E-state index in [2.05, 4.69) is 0 Å². The Labute approximate surface area is 112 Å². The molecule has 0 amide bonds. The minimum Gasteiger partial charge on any atom is -0.493 e. The van der Waals surface area contributed by atoms with Gasteiger partial charge in [0.1, 0.15) is 6.04 Å². The summed E-state index contributed by atoms with van der Waals surface area (Å²) < 4.78 is 15.7. The molecule has 0 fully saturated rings. The SMILES string of the molecule is COc1ccc(CC[C@H](N)C(=O)O)c(OC)c1OC. The number of carbonyl (C=O) groups is 1. The lowest BCUT2D eigenvalue weighted by molar-refractivity contribution is -0.138. The molecule has 0 spiro atoms. The van der Waals surface area contributed by atoms with Crippen LogP contribution in [0.15, 0.2) is 12.1 Å². The first kappa shape index (κ1) is 15.1. The van der Waals surface area contributed by atoms with E-state index in [9.17, 15) is 4.79 Å². The van der Waals surface area contributed by atoms with Crippen molar-refractivity contribution in [3.63, 3.8) is 0 Å². The molecule has 6 heteroatoms. The van der Waals surface area contributed by atoms with Gasteiger partial charge in [0.25, 0.3) is 0 Å². The number of nitrogens with two attached hydrogens (primary N) is 1. The van der Waals surface area contributed by atoms with Gasteiger partial charge in [-0.2, -0.15) is 0 Å². The molecule has 1 aromatic carbocycles. The number of carboxylic acid groups (broad SMARTS) is 1. The van der Waals surface area contributed by atoms with E-state index in [1.165, 1.54) is 21.3 Å². The van der Waals surface area contributed by atoms with Gasteiger partial charge in [0, 0.05) is 0 Å². The summed E-state index contributed by atoms with van der Waals surface area (Å²) in [7, 11) is 4.59. The molecular weight excluding hydrogens is 250 g/mol. The van der Waals surface area contributed by atoms with Crippen molar-refractivity contribution in [1.29, 1.82) is 0 Å². The van der Waals surface area contributed by atoms with Gasteiger partial charge in [-0.05, 0) is 24.5 Å². The maximum atomic E-state index is 10.7. The largest absolute Gasteiger partial charge is 0.493 e. The van der Waals surface area contributed by atoms with E-state index in [0.29, 0.717) is 30.1 Å². The van der Waals surface area contributed by atoms with Gasteiger partial charge >= 0.3 is 5.97 Å². The number of aliphatic carboxylic acids is 1. The molecule has 0 radical (unpaired) electrons. The number of hydrogen-bond donors (Lipinski definition) is 2. The van der Waals surface area contributed by atoms with Crippen molar-refractivity contribution in [2.45, 2.75) is 18.9 Å². The Kier molecular flexibility index (Phi) is 5.44. The minimum atomic E-state index is -1.01. The number of methoxy groups -OCH3 is 3. The Bertz CT molecular complexity index is 447. The molecule has 0 bridgehead atoms. The molecule has 0 saturated heterocycles. The third-order valence-corrected chi connectivity index (χ3v) is 2.83. The highest BCUT2D eigenvalue weighted by Crippen LogP contribution is 2.40. The highest BCUT2D eigenvalue weighted by Gasteiger charge is 2.18. The molecule has 0 aliphatic rings. The van der Waals surface area contributed by atoms with Crippen LogP contribution in [-0.2, 0) is 11.2 Å². The predicted molar refractivity (Wildman–Crippen MR) is 70.0 cm³/mol. The maximum absolute atomic E-state index is 10.7. The van der Waals surface area contributed by atoms with Crippen LogP contribution in [0, 0.1) is 0 Å². The summed E-state index contributed by atoms with van der Waals surface area (Å²) in [6.45, 7) is 0. The van der Waals surface area contributed by atoms with E-state index in [-0.39, 0.29) is 0 Å². The van der Waals surface area contributed by atoms with Crippen LogP contribution in [0.3, 0.4) is 0 Å². The molecule has 0 aromatic heterocycles. The number of ether oxygens (including phenoxy) is 3. The van der Waals surface area contributed by atoms with Crippen molar-refractivity contribution in [1.82, 2.24) is 0 Å². The van der Waals surface area contributed by atoms with Crippen molar-refractivity contribution in [3.8, 4) is 17.2 Å². The third-order valence-electron chi connectivity index (χ3n) is 2.83. The van der Waals surface area contributed by atoms with Crippen molar-refractivity contribution in [2.75, 3.05) is 21.3 Å². The Hall–Kier alpha value is -1.95. The smallest absolute Gasteiger partial charge is 0.320 e. The maximum Gasteiger partial charge on any atom is 0.320 e. The molecular formula is C13H19NO5. The van der Waals surface area contributed by atoms with Gasteiger partial charge in [-0.25, -0.2) is 0 Å². The second-order valence-electron chi connectivity index (χ2n) is 3.98. The Balaban J connectivity index is 2.98. The molecule has 0 aliphatic carbocycles. The first-order valence-corrected chi connectivity index (χ1v) is 5.81. The second kappa shape index (κ2) is 6.84. The van der Waals surface area contributed by atoms with Crippen LogP contribution >= 0.6 is 0 Å². The topological polar surface area (TPSA) is 91.0 Å². The van der Waals surface area contributed by atoms with Crippen LogP contribution in [0.4, 0.5) is 0 Å². The Morgan fingerprint density at radius 2 is 1.84 bits per heavy atom.